The second-order valence-electron chi connectivity index (χ2n) is 3.35. The lowest BCUT2D eigenvalue weighted by molar-refractivity contribution is 0.0652. The van der Waals surface area contributed by atoms with Gasteiger partial charge in [0.2, 0.25) is 5.76 Å². The van der Waals surface area contributed by atoms with E-state index in [1.807, 2.05) is 0 Å². The van der Waals surface area contributed by atoms with Gasteiger partial charge in [-0.05, 0) is 6.07 Å². The van der Waals surface area contributed by atoms with Crippen LogP contribution in [0.2, 0.25) is 10.0 Å². The van der Waals surface area contributed by atoms with E-state index in [9.17, 15) is 4.79 Å². The Bertz CT molecular complexity index is 609. The lowest BCUT2D eigenvalue weighted by atomic mass is 10.1. The number of halogens is 2. The molecule has 0 radical (unpaired) electrons. The number of carboxylic acids is 1. The molecule has 0 aliphatic carbocycles. The summed E-state index contributed by atoms with van der Waals surface area (Å²) in [6.07, 6.45) is 0. The van der Waals surface area contributed by atoms with Crippen LogP contribution < -0.4 is 4.74 Å². The van der Waals surface area contributed by atoms with Gasteiger partial charge in [0.25, 0.3) is 0 Å². The van der Waals surface area contributed by atoms with Gasteiger partial charge in [-0.15, -0.1) is 0 Å². The molecule has 0 bridgehead atoms. The van der Waals surface area contributed by atoms with Crippen molar-refractivity contribution in [2.45, 2.75) is 0 Å². The molecule has 7 heteroatoms. The van der Waals surface area contributed by atoms with Gasteiger partial charge in [-0.3, -0.25) is 0 Å². The summed E-state index contributed by atoms with van der Waals surface area (Å²) in [5.74, 6) is -1.05. The maximum atomic E-state index is 10.7. The smallest absolute Gasteiger partial charge is 0.374 e. The van der Waals surface area contributed by atoms with Gasteiger partial charge in [-0.2, -0.15) is 0 Å². The first-order valence-corrected chi connectivity index (χ1v) is 5.52. The molecule has 18 heavy (non-hydrogen) atoms. The van der Waals surface area contributed by atoms with Crippen molar-refractivity contribution < 1.29 is 19.2 Å². The standard InChI is InChI=1S/C11H7Cl2NO4/c1-17-9-3-6(12)5(2-7(9)13)8-4-10(11(15)16)18-14-8/h2-4H,1H3,(H,15,16). The van der Waals surface area contributed by atoms with E-state index in [1.54, 1.807) is 0 Å². The summed E-state index contributed by atoms with van der Waals surface area (Å²) < 4.78 is 9.66. The minimum atomic E-state index is -1.20. The van der Waals surface area contributed by atoms with Gasteiger partial charge in [-0.1, -0.05) is 28.4 Å². The van der Waals surface area contributed by atoms with E-state index in [4.69, 9.17) is 33.0 Å². The molecule has 5 nitrogen and oxygen atoms in total. The molecule has 0 atom stereocenters. The van der Waals surface area contributed by atoms with Crippen LogP contribution in [0.25, 0.3) is 11.3 Å². The minimum absolute atomic E-state index is 0.270. The number of hydrogen-bond acceptors (Lipinski definition) is 4. The van der Waals surface area contributed by atoms with Gasteiger partial charge in [0.05, 0.1) is 17.2 Å². The predicted octanol–water partition coefficient (Wildman–Crippen LogP) is 3.36. The molecule has 0 saturated heterocycles. The number of hydrogen-bond donors (Lipinski definition) is 1. The van der Waals surface area contributed by atoms with Crippen molar-refractivity contribution in [3.8, 4) is 17.0 Å². The van der Waals surface area contributed by atoms with E-state index in [2.05, 4.69) is 9.68 Å². The molecule has 0 fully saturated rings. The number of carbonyl (C=O) groups is 1. The van der Waals surface area contributed by atoms with Crippen molar-refractivity contribution in [1.29, 1.82) is 0 Å². The normalized spacial score (nSPS) is 10.4. The Morgan fingerprint density at radius 1 is 1.33 bits per heavy atom. The van der Waals surface area contributed by atoms with Gasteiger partial charge in [0.1, 0.15) is 11.4 Å². The average molecular weight is 288 g/mol. The fourth-order valence-corrected chi connectivity index (χ4v) is 1.88. The molecule has 94 valence electrons. The van der Waals surface area contributed by atoms with Crippen molar-refractivity contribution in [3.05, 3.63) is 34.0 Å². The summed E-state index contributed by atoms with van der Waals surface area (Å²) in [7, 11) is 1.47. The van der Waals surface area contributed by atoms with E-state index in [1.165, 1.54) is 25.3 Å². The third-order valence-corrected chi connectivity index (χ3v) is 2.85. The minimum Gasteiger partial charge on any atom is -0.495 e. The molecule has 2 aromatic rings. The average Bonchev–Trinajstić information content (AvgIpc) is 2.81. The lowest BCUT2D eigenvalue weighted by Gasteiger charge is -2.06. The molecule has 1 aromatic carbocycles. The third-order valence-electron chi connectivity index (χ3n) is 2.24. The first kappa shape index (κ1) is 12.7. The Morgan fingerprint density at radius 3 is 2.61 bits per heavy atom. The molecule has 0 amide bonds. The summed E-state index contributed by atoms with van der Waals surface area (Å²) in [5, 5.41) is 13.0. The summed E-state index contributed by atoms with van der Waals surface area (Å²) in [6, 6.07) is 4.33. The zero-order valence-corrected chi connectivity index (χ0v) is 10.6. The van der Waals surface area contributed by atoms with Crippen LogP contribution in [0.3, 0.4) is 0 Å². The Labute approximate surface area is 112 Å². The molecule has 0 spiro atoms. The van der Waals surface area contributed by atoms with Gasteiger partial charge in [0, 0.05) is 17.7 Å². The molecule has 0 saturated carbocycles. The first-order valence-electron chi connectivity index (χ1n) is 4.76. The number of methoxy groups -OCH3 is 1. The van der Waals surface area contributed by atoms with E-state index in [-0.39, 0.29) is 5.76 Å². The fourth-order valence-electron chi connectivity index (χ4n) is 1.38. The van der Waals surface area contributed by atoms with Crippen LogP contribution in [0, 0.1) is 0 Å². The van der Waals surface area contributed by atoms with E-state index in [0.29, 0.717) is 27.1 Å². The van der Waals surface area contributed by atoms with Crippen LogP contribution in [-0.2, 0) is 0 Å². The van der Waals surface area contributed by atoms with Crippen molar-refractivity contribution in [2.75, 3.05) is 7.11 Å². The van der Waals surface area contributed by atoms with Crippen LogP contribution in [0.1, 0.15) is 10.6 Å². The largest absolute Gasteiger partial charge is 0.495 e. The number of carboxylic acid groups (broad SMARTS) is 1. The zero-order chi connectivity index (χ0) is 13.3. The number of aromatic carboxylic acids is 1. The maximum Gasteiger partial charge on any atom is 0.374 e. The van der Waals surface area contributed by atoms with Crippen molar-refractivity contribution in [2.24, 2.45) is 0 Å². The number of ether oxygens (including phenoxy) is 1. The first-order chi connectivity index (χ1) is 8.52. The molecular formula is C11H7Cl2NO4. The Hall–Kier alpha value is -1.72. The lowest BCUT2D eigenvalue weighted by Crippen LogP contribution is -1.91. The van der Waals surface area contributed by atoms with Crippen molar-refractivity contribution in [1.82, 2.24) is 5.16 Å². The molecule has 0 unspecified atom stereocenters. The second kappa shape index (κ2) is 4.88. The highest BCUT2D eigenvalue weighted by Gasteiger charge is 2.16. The quantitative estimate of drug-likeness (QED) is 0.937. The summed E-state index contributed by atoms with van der Waals surface area (Å²) in [6.45, 7) is 0. The third kappa shape index (κ3) is 2.27. The second-order valence-corrected chi connectivity index (χ2v) is 4.16. The number of benzene rings is 1. The van der Waals surface area contributed by atoms with E-state index < -0.39 is 5.97 Å². The molecule has 1 heterocycles. The summed E-state index contributed by atoms with van der Waals surface area (Å²) in [4.78, 5) is 10.7. The maximum absolute atomic E-state index is 10.7. The number of aromatic nitrogens is 1. The molecule has 2 rings (SSSR count). The molecule has 1 N–H and O–H groups in total. The highest BCUT2D eigenvalue weighted by Crippen LogP contribution is 2.36. The highest BCUT2D eigenvalue weighted by atomic mass is 35.5. The fraction of sp³-hybridized carbons (Fsp3) is 0.0909. The van der Waals surface area contributed by atoms with E-state index >= 15 is 0 Å². The number of nitrogens with zero attached hydrogens (tertiary/aromatic N) is 1. The number of rotatable bonds is 3. The summed E-state index contributed by atoms with van der Waals surface area (Å²) >= 11 is 12.0. The molecule has 1 aromatic heterocycles. The molecular weight excluding hydrogens is 281 g/mol. The van der Waals surface area contributed by atoms with Crippen LogP contribution in [0.15, 0.2) is 22.7 Å². The van der Waals surface area contributed by atoms with Gasteiger partial charge in [-0.25, -0.2) is 4.79 Å². The van der Waals surface area contributed by atoms with Crippen LogP contribution in [-0.4, -0.2) is 23.3 Å². The van der Waals surface area contributed by atoms with Crippen LogP contribution >= 0.6 is 23.2 Å². The van der Waals surface area contributed by atoms with Crippen LogP contribution in [0.5, 0.6) is 5.75 Å². The van der Waals surface area contributed by atoms with E-state index in [0.717, 1.165) is 0 Å². The summed E-state index contributed by atoms with van der Waals surface area (Å²) in [5.41, 5.74) is 0.765. The van der Waals surface area contributed by atoms with Gasteiger partial charge < -0.3 is 14.4 Å². The monoisotopic (exact) mass is 287 g/mol. The van der Waals surface area contributed by atoms with Gasteiger partial charge in [0.15, 0.2) is 0 Å². The zero-order valence-electron chi connectivity index (χ0n) is 9.11. The van der Waals surface area contributed by atoms with Crippen LogP contribution in [0.4, 0.5) is 0 Å². The Balaban J connectivity index is 2.50. The van der Waals surface area contributed by atoms with Crippen molar-refractivity contribution >= 4 is 29.2 Å². The Kier molecular flexibility index (Phi) is 3.45. The Morgan fingerprint density at radius 2 is 2.06 bits per heavy atom. The van der Waals surface area contributed by atoms with Gasteiger partial charge >= 0.3 is 5.97 Å². The molecule has 0 aliphatic rings. The molecule has 0 aliphatic heterocycles. The SMILES string of the molecule is COc1cc(Cl)c(-c2cc(C(=O)O)on2)cc1Cl. The predicted molar refractivity (Wildman–Crippen MR) is 65.5 cm³/mol. The highest BCUT2D eigenvalue weighted by molar-refractivity contribution is 6.36. The topological polar surface area (TPSA) is 72.6 Å². The van der Waals surface area contributed by atoms with Crippen molar-refractivity contribution in [3.63, 3.8) is 0 Å².